The van der Waals surface area contributed by atoms with Gasteiger partial charge in [-0.2, -0.15) is 13.2 Å². The third-order valence-corrected chi connectivity index (χ3v) is 6.83. The van der Waals surface area contributed by atoms with E-state index in [1.54, 1.807) is 37.4 Å². The predicted molar refractivity (Wildman–Crippen MR) is 144 cm³/mol. The van der Waals surface area contributed by atoms with Crippen molar-refractivity contribution in [2.75, 3.05) is 11.9 Å². The van der Waals surface area contributed by atoms with Crippen molar-refractivity contribution in [2.24, 2.45) is 5.73 Å². The Hall–Kier alpha value is -4.34. The molecule has 7 nitrogen and oxygen atoms in total. The number of imidazole rings is 1. The summed E-state index contributed by atoms with van der Waals surface area (Å²) >= 11 is 0. The van der Waals surface area contributed by atoms with Crippen LogP contribution in [0.4, 0.5) is 18.9 Å². The molecule has 2 amide bonds. The number of halogens is 3. The van der Waals surface area contributed by atoms with Crippen molar-refractivity contribution in [1.29, 1.82) is 0 Å². The van der Waals surface area contributed by atoms with E-state index in [4.69, 9.17) is 5.73 Å². The molecule has 4 aromatic rings. The van der Waals surface area contributed by atoms with Gasteiger partial charge < -0.3 is 16.4 Å². The van der Waals surface area contributed by atoms with Crippen LogP contribution in [0.3, 0.4) is 0 Å². The first kappa shape index (κ1) is 26.3. The fourth-order valence-electron chi connectivity index (χ4n) is 4.62. The van der Waals surface area contributed by atoms with Gasteiger partial charge in [0.15, 0.2) is 5.65 Å². The Morgan fingerprint density at radius 1 is 1.00 bits per heavy atom. The van der Waals surface area contributed by atoms with Crippen LogP contribution in [0.25, 0.3) is 28.0 Å². The molecular formula is C29H28F3N5O2. The molecular weight excluding hydrogens is 507 g/mol. The highest BCUT2D eigenvalue weighted by molar-refractivity contribution is 5.97. The van der Waals surface area contributed by atoms with Gasteiger partial charge in [-0.05, 0) is 67.6 Å². The van der Waals surface area contributed by atoms with Gasteiger partial charge in [0.1, 0.15) is 0 Å². The molecule has 4 N–H and O–H groups in total. The largest absolute Gasteiger partial charge is 0.390 e. The van der Waals surface area contributed by atoms with Crippen molar-refractivity contribution in [3.63, 3.8) is 0 Å². The lowest BCUT2D eigenvalue weighted by Crippen LogP contribution is -2.26. The summed E-state index contributed by atoms with van der Waals surface area (Å²) in [5.41, 5.74) is 11.8. The number of anilines is 1. The van der Waals surface area contributed by atoms with Crippen LogP contribution >= 0.6 is 0 Å². The van der Waals surface area contributed by atoms with Crippen LogP contribution in [0.1, 0.15) is 51.1 Å². The van der Waals surface area contributed by atoms with Crippen LogP contribution in [-0.4, -0.2) is 40.0 Å². The topological polar surface area (TPSA) is 102 Å². The summed E-state index contributed by atoms with van der Waals surface area (Å²) in [5, 5.41) is 5.89. The average molecular weight is 536 g/mol. The van der Waals surface area contributed by atoms with Crippen LogP contribution in [0.15, 0.2) is 54.9 Å². The Balaban J connectivity index is 1.57. The molecule has 202 valence electrons. The second kappa shape index (κ2) is 10.1. The smallest absolute Gasteiger partial charge is 0.382 e. The number of nitrogens with two attached hydrogens (primary N) is 1. The molecule has 2 aromatic carbocycles. The number of aryl methyl sites for hydroxylation is 2. The highest BCUT2D eigenvalue weighted by Gasteiger charge is 2.27. The second-order valence-corrected chi connectivity index (χ2v) is 9.94. The van der Waals surface area contributed by atoms with Crippen LogP contribution in [-0.2, 0) is 0 Å². The van der Waals surface area contributed by atoms with Gasteiger partial charge in [-0.15, -0.1) is 0 Å². The number of hydrogen-bond acceptors (Lipinski definition) is 4. The van der Waals surface area contributed by atoms with E-state index in [0.29, 0.717) is 39.3 Å². The number of rotatable bonds is 8. The average Bonchev–Trinajstić information content (AvgIpc) is 3.57. The molecule has 0 atom stereocenters. The zero-order valence-electron chi connectivity index (χ0n) is 21.5. The lowest BCUT2D eigenvalue weighted by atomic mass is 10.00. The van der Waals surface area contributed by atoms with E-state index in [9.17, 15) is 22.8 Å². The first-order valence-electron chi connectivity index (χ1n) is 12.6. The van der Waals surface area contributed by atoms with Crippen molar-refractivity contribution < 1.29 is 22.8 Å². The van der Waals surface area contributed by atoms with Crippen LogP contribution < -0.4 is 16.4 Å². The quantitative estimate of drug-likeness (QED) is 0.272. The number of nitrogens with one attached hydrogen (secondary N) is 2. The minimum atomic E-state index is -4.30. The number of hydrogen-bond donors (Lipinski definition) is 3. The van der Waals surface area contributed by atoms with E-state index < -0.39 is 18.5 Å². The molecule has 2 aromatic heterocycles. The van der Waals surface area contributed by atoms with Gasteiger partial charge in [-0.3, -0.25) is 14.0 Å². The van der Waals surface area contributed by atoms with Gasteiger partial charge in [-0.1, -0.05) is 18.2 Å². The van der Waals surface area contributed by atoms with Crippen molar-refractivity contribution in [3.05, 3.63) is 77.1 Å². The van der Waals surface area contributed by atoms with Gasteiger partial charge in [0.25, 0.3) is 5.91 Å². The van der Waals surface area contributed by atoms with E-state index in [-0.39, 0.29) is 18.5 Å². The number of pyridine rings is 1. The number of benzene rings is 2. The van der Waals surface area contributed by atoms with E-state index in [1.165, 1.54) is 0 Å². The SMILES string of the molecule is Cc1cc(-c2cc(NCCC(F)(F)F)c3ncc(-c4ccc(C(=O)NC5CC5)c(C)c4)n3c2)ccc1C(N)=O. The third-order valence-electron chi connectivity index (χ3n) is 6.83. The van der Waals surface area contributed by atoms with Gasteiger partial charge >= 0.3 is 6.18 Å². The van der Waals surface area contributed by atoms with Crippen LogP contribution in [0.5, 0.6) is 0 Å². The maximum atomic E-state index is 12.9. The van der Waals surface area contributed by atoms with Crippen LogP contribution in [0, 0.1) is 13.8 Å². The Kier molecular flexibility index (Phi) is 6.80. The van der Waals surface area contributed by atoms with Crippen molar-refractivity contribution in [2.45, 2.75) is 45.3 Å². The van der Waals surface area contributed by atoms with E-state index in [2.05, 4.69) is 15.6 Å². The number of carbonyl (C=O) groups excluding carboxylic acids is 2. The minimum absolute atomic E-state index is 0.104. The minimum Gasteiger partial charge on any atom is -0.382 e. The summed E-state index contributed by atoms with van der Waals surface area (Å²) in [4.78, 5) is 28.8. The Bertz CT molecular complexity index is 1590. The van der Waals surface area contributed by atoms with Gasteiger partial charge in [-0.25, -0.2) is 4.98 Å². The molecule has 1 aliphatic carbocycles. The summed E-state index contributed by atoms with van der Waals surface area (Å²) in [6.07, 6.45) is 0.220. The summed E-state index contributed by atoms with van der Waals surface area (Å²) in [7, 11) is 0. The zero-order valence-corrected chi connectivity index (χ0v) is 21.5. The number of carbonyl (C=O) groups is 2. The van der Waals surface area contributed by atoms with E-state index >= 15 is 0 Å². The molecule has 0 spiro atoms. The maximum Gasteiger partial charge on any atom is 0.390 e. The Morgan fingerprint density at radius 3 is 2.31 bits per heavy atom. The van der Waals surface area contributed by atoms with Crippen molar-refractivity contribution >= 4 is 23.1 Å². The number of fused-ring (bicyclic) bond motifs is 1. The molecule has 2 heterocycles. The molecule has 10 heteroatoms. The zero-order chi connectivity index (χ0) is 27.9. The Morgan fingerprint density at radius 2 is 1.67 bits per heavy atom. The molecule has 1 fully saturated rings. The molecule has 0 aliphatic heterocycles. The van der Waals surface area contributed by atoms with Crippen molar-refractivity contribution in [1.82, 2.24) is 14.7 Å². The lowest BCUT2D eigenvalue weighted by Gasteiger charge is -2.14. The molecule has 0 unspecified atom stereocenters. The van der Waals surface area contributed by atoms with Gasteiger partial charge in [0.05, 0.1) is 24.0 Å². The molecule has 0 saturated heterocycles. The predicted octanol–water partition coefficient (Wildman–Crippen LogP) is 5.64. The normalized spacial score (nSPS) is 13.5. The van der Waals surface area contributed by atoms with Gasteiger partial charge in [0.2, 0.25) is 5.91 Å². The number of amides is 2. The number of primary amides is 1. The second-order valence-electron chi connectivity index (χ2n) is 9.94. The van der Waals surface area contributed by atoms with E-state index in [0.717, 1.165) is 29.5 Å². The Labute approximate surface area is 223 Å². The fourth-order valence-corrected chi connectivity index (χ4v) is 4.62. The molecule has 0 radical (unpaired) electrons. The molecule has 5 rings (SSSR count). The first-order valence-corrected chi connectivity index (χ1v) is 12.6. The van der Waals surface area contributed by atoms with Crippen LogP contribution in [0.2, 0.25) is 0 Å². The third kappa shape index (κ3) is 5.74. The molecule has 1 saturated carbocycles. The van der Waals surface area contributed by atoms with Crippen molar-refractivity contribution in [3.8, 4) is 22.4 Å². The number of alkyl halides is 3. The number of nitrogens with zero attached hydrogens (tertiary/aromatic N) is 2. The van der Waals surface area contributed by atoms with Gasteiger partial charge in [0, 0.05) is 41.0 Å². The lowest BCUT2D eigenvalue weighted by molar-refractivity contribution is -0.131. The molecule has 39 heavy (non-hydrogen) atoms. The van der Waals surface area contributed by atoms with E-state index in [1.807, 2.05) is 35.7 Å². The standard InChI is InChI=1S/C29H28F3N5O2/c1-16-11-18(3-7-22(16)26(33)38)20-13-24(34-10-9-29(30,31)32)27-35-14-25(37(27)15-20)19-4-8-23(17(2)12-19)28(39)36-21-5-6-21/h3-4,7-8,11-15,21,34H,5-6,9-10H2,1-2H3,(H2,33,38)(H,36,39). The first-order chi connectivity index (χ1) is 18.5. The fraction of sp³-hybridized carbons (Fsp3) is 0.276. The monoisotopic (exact) mass is 535 g/mol. The highest BCUT2D eigenvalue weighted by atomic mass is 19.4. The number of aromatic nitrogens is 2. The highest BCUT2D eigenvalue weighted by Crippen LogP contribution is 2.32. The molecule has 0 bridgehead atoms. The summed E-state index contributed by atoms with van der Waals surface area (Å²) in [6.45, 7) is 3.33. The maximum absolute atomic E-state index is 12.9. The summed E-state index contributed by atoms with van der Waals surface area (Å²) in [6, 6.07) is 12.7. The summed E-state index contributed by atoms with van der Waals surface area (Å²) in [5.74, 6) is -0.640. The summed E-state index contributed by atoms with van der Waals surface area (Å²) < 4.78 is 40.4. The molecule has 1 aliphatic rings.